The summed E-state index contributed by atoms with van der Waals surface area (Å²) in [5, 5.41) is 0. The van der Waals surface area contributed by atoms with Crippen LogP contribution in [0.2, 0.25) is 0 Å². The van der Waals surface area contributed by atoms with Crippen LogP contribution in [0, 0.1) is 0 Å². The van der Waals surface area contributed by atoms with Crippen molar-refractivity contribution in [1.29, 1.82) is 0 Å². The highest BCUT2D eigenvalue weighted by Gasteiger charge is 2.26. The van der Waals surface area contributed by atoms with Crippen molar-refractivity contribution < 1.29 is 9.53 Å². The Labute approximate surface area is 119 Å². The van der Waals surface area contributed by atoms with Gasteiger partial charge in [-0.1, -0.05) is 6.07 Å². The lowest BCUT2D eigenvalue weighted by molar-refractivity contribution is -0.121. The molecule has 0 aromatic heterocycles. The Hall–Kier alpha value is -1.59. The number of hydrogen-bond acceptors (Lipinski definition) is 4. The number of nitrogens with two attached hydrogens (primary N) is 1. The Morgan fingerprint density at radius 2 is 2.00 bits per heavy atom. The lowest BCUT2D eigenvalue weighted by atomic mass is 10.1. The summed E-state index contributed by atoms with van der Waals surface area (Å²) in [6, 6.07) is 5.83. The number of benzene rings is 1. The second kappa shape index (κ2) is 5.81. The van der Waals surface area contributed by atoms with Crippen molar-refractivity contribution in [2.24, 2.45) is 5.73 Å². The van der Waals surface area contributed by atoms with Crippen molar-refractivity contribution in [2.75, 3.05) is 37.7 Å². The summed E-state index contributed by atoms with van der Waals surface area (Å²) in [7, 11) is 0. The largest absolute Gasteiger partial charge is 0.482 e. The van der Waals surface area contributed by atoms with Gasteiger partial charge in [-0.15, -0.1) is 0 Å². The predicted molar refractivity (Wildman–Crippen MR) is 77.9 cm³/mol. The summed E-state index contributed by atoms with van der Waals surface area (Å²) in [4.78, 5) is 16.4. The zero-order valence-corrected chi connectivity index (χ0v) is 11.7. The van der Waals surface area contributed by atoms with Crippen LogP contribution in [0.4, 0.5) is 5.69 Å². The van der Waals surface area contributed by atoms with Crippen LogP contribution in [-0.4, -0.2) is 43.6 Å². The average molecular weight is 275 g/mol. The van der Waals surface area contributed by atoms with Crippen LogP contribution in [0.5, 0.6) is 5.75 Å². The molecule has 2 heterocycles. The third-order valence-electron chi connectivity index (χ3n) is 4.04. The van der Waals surface area contributed by atoms with Crippen LogP contribution in [0.15, 0.2) is 18.2 Å². The van der Waals surface area contributed by atoms with E-state index in [2.05, 4.69) is 4.90 Å². The molecule has 20 heavy (non-hydrogen) atoms. The van der Waals surface area contributed by atoms with Crippen LogP contribution >= 0.6 is 0 Å². The van der Waals surface area contributed by atoms with Crippen molar-refractivity contribution in [3.8, 4) is 5.75 Å². The predicted octanol–water partition coefficient (Wildman–Crippen LogP) is 0.966. The Balaban J connectivity index is 1.77. The maximum absolute atomic E-state index is 12.1. The van der Waals surface area contributed by atoms with Gasteiger partial charge in [0.2, 0.25) is 0 Å². The zero-order valence-electron chi connectivity index (χ0n) is 11.7. The Morgan fingerprint density at radius 1 is 1.20 bits per heavy atom. The van der Waals surface area contributed by atoms with Crippen LogP contribution < -0.4 is 15.4 Å². The molecule has 2 N–H and O–H groups in total. The number of fused-ring (bicyclic) bond motifs is 1. The molecule has 0 unspecified atom stereocenters. The van der Waals surface area contributed by atoms with Gasteiger partial charge in [-0.05, 0) is 43.6 Å². The smallest absolute Gasteiger partial charge is 0.265 e. The van der Waals surface area contributed by atoms with E-state index in [-0.39, 0.29) is 12.5 Å². The van der Waals surface area contributed by atoms with E-state index in [0.717, 1.165) is 43.2 Å². The van der Waals surface area contributed by atoms with Crippen LogP contribution in [0.25, 0.3) is 0 Å². The highest BCUT2D eigenvalue weighted by atomic mass is 16.5. The Morgan fingerprint density at radius 3 is 2.75 bits per heavy atom. The zero-order chi connectivity index (χ0) is 13.9. The second-order valence-electron chi connectivity index (χ2n) is 5.39. The first-order valence-corrected chi connectivity index (χ1v) is 7.26. The molecule has 2 aliphatic heterocycles. The van der Waals surface area contributed by atoms with Crippen molar-refractivity contribution in [2.45, 2.75) is 19.4 Å². The summed E-state index contributed by atoms with van der Waals surface area (Å²) in [6.45, 7) is 4.56. The van der Waals surface area contributed by atoms with Crippen molar-refractivity contribution in [3.63, 3.8) is 0 Å². The van der Waals surface area contributed by atoms with E-state index in [1.165, 1.54) is 12.8 Å². The topological polar surface area (TPSA) is 58.8 Å². The molecule has 5 nitrogen and oxygen atoms in total. The minimum absolute atomic E-state index is 0.0332. The molecule has 0 bridgehead atoms. The summed E-state index contributed by atoms with van der Waals surface area (Å²) >= 11 is 0. The molecule has 3 rings (SSSR count). The minimum Gasteiger partial charge on any atom is -0.482 e. The molecule has 1 fully saturated rings. The number of rotatable bonds is 4. The molecular weight excluding hydrogens is 254 g/mol. The van der Waals surface area contributed by atoms with Crippen molar-refractivity contribution in [3.05, 3.63) is 23.8 Å². The van der Waals surface area contributed by atoms with Crippen molar-refractivity contribution >= 4 is 11.6 Å². The lowest BCUT2D eigenvalue weighted by Crippen LogP contribution is -2.43. The van der Waals surface area contributed by atoms with Gasteiger partial charge in [-0.2, -0.15) is 0 Å². The van der Waals surface area contributed by atoms with E-state index in [0.29, 0.717) is 6.54 Å². The van der Waals surface area contributed by atoms with E-state index in [4.69, 9.17) is 10.5 Å². The van der Waals surface area contributed by atoms with Crippen molar-refractivity contribution in [1.82, 2.24) is 4.90 Å². The first-order chi connectivity index (χ1) is 9.78. The minimum atomic E-state index is 0.0332. The summed E-state index contributed by atoms with van der Waals surface area (Å²) < 4.78 is 5.49. The molecular formula is C15H21N3O2. The Bertz CT molecular complexity index is 498. The first-order valence-electron chi connectivity index (χ1n) is 7.26. The normalized spacial score (nSPS) is 19.1. The highest BCUT2D eigenvalue weighted by molar-refractivity contribution is 5.97. The highest BCUT2D eigenvalue weighted by Crippen LogP contribution is 2.32. The molecule has 1 amide bonds. The molecule has 2 aliphatic rings. The van der Waals surface area contributed by atoms with Crippen LogP contribution in [0.1, 0.15) is 18.4 Å². The SMILES string of the molecule is NCc1ccc2c(c1)N(CCN1CCCC1)C(=O)CO2. The standard InChI is InChI=1S/C15H21N3O2/c16-10-12-3-4-14-13(9-12)18(15(19)11-20-14)8-7-17-5-1-2-6-17/h3-4,9H,1-2,5-8,10-11,16H2. The van der Waals surface area contributed by atoms with Crippen LogP contribution in [-0.2, 0) is 11.3 Å². The monoisotopic (exact) mass is 275 g/mol. The molecule has 108 valence electrons. The van der Waals surface area contributed by atoms with Gasteiger partial charge < -0.3 is 20.3 Å². The second-order valence-corrected chi connectivity index (χ2v) is 5.39. The third kappa shape index (κ3) is 2.64. The molecule has 0 saturated carbocycles. The first kappa shape index (κ1) is 13.4. The maximum Gasteiger partial charge on any atom is 0.265 e. The van der Waals surface area contributed by atoms with Gasteiger partial charge in [0.25, 0.3) is 5.91 Å². The third-order valence-corrected chi connectivity index (χ3v) is 4.04. The molecule has 0 atom stereocenters. The lowest BCUT2D eigenvalue weighted by Gasteiger charge is -2.31. The number of carbonyl (C=O) groups is 1. The van der Waals surface area contributed by atoms with Gasteiger partial charge in [0.15, 0.2) is 6.61 Å². The van der Waals surface area contributed by atoms with Gasteiger partial charge in [0.05, 0.1) is 5.69 Å². The molecule has 0 spiro atoms. The van der Waals surface area contributed by atoms with E-state index >= 15 is 0 Å². The Kier molecular flexibility index (Phi) is 3.89. The van der Waals surface area contributed by atoms with E-state index in [9.17, 15) is 4.79 Å². The molecule has 1 saturated heterocycles. The molecule has 1 aromatic rings. The van der Waals surface area contributed by atoms with Gasteiger partial charge in [0, 0.05) is 19.6 Å². The molecule has 5 heteroatoms. The maximum atomic E-state index is 12.1. The van der Waals surface area contributed by atoms with Crippen LogP contribution in [0.3, 0.4) is 0 Å². The molecule has 0 radical (unpaired) electrons. The molecule has 0 aliphatic carbocycles. The van der Waals surface area contributed by atoms with Gasteiger partial charge in [-0.3, -0.25) is 4.79 Å². The van der Waals surface area contributed by atoms with Gasteiger partial charge >= 0.3 is 0 Å². The fourth-order valence-corrected chi connectivity index (χ4v) is 2.87. The number of carbonyl (C=O) groups excluding carboxylic acids is 1. The summed E-state index contributed by atoms with van der Waals surface area (Å²) in [5.41, 5.74) is 7.57. The summed E-state index contributed by atoms with van der Waals surface area (Å²) in [6.07, 6.45) is 2.54. The fraction of sp³-hybridized carbons (Fsp3) is 0.533. The average Bonchev–Trinajstić information content (AvgIpc) is 2.99. The number of hydrogen-bond donors (Lipinski definition) is 1. The fourth-order valence-electron chi connectivity index (χ4n) is 2.87. The number of likely N-dealkylation sites (tertiary alicyclic amines) is 1. The molecule has 1 aromatic carbocycles. The van der Waals surface area contributed by atoms with Gasteiger partial charge in [-0.25, -0.2) is 0 Å². The van der Waals surface area contributed by atoms with E-state index in [1.54, 1.807) is 0 Å². The number of nitrogens with zero attached hydrogens (tertiary/aromatic N) is 2. The van der Waals surface area contributed by atoms with Gasteiger partial charge in [0.1, 0.15) is 5.75 Å². The van der Waals surface area contributed by atoms with E-state index < -0.39 is 0 Å². The number of anilines is 1. The van der Waals surface area contributed by atoms with E-state index in [1.807, 2.05) is 23.1 Å². The number of amides is 1. The quantitative estimate of drug-likeness (QED) is 0.889. The number of ether oxygens (including phenoxy) is 1. The summed E-state index contributed by atoms with van der Waals surface area (Å²) in [5.74, 6) is 0.814.